The molecule has 5 aliphatic rings. The second-order valence-electron chi connectivity index (χ2n) is 15.7. The normalized spacial score (nSPS) is 26.0. The quantitative estimate of drug-likeness (QED) is 0.137. The van der Waals surface area contributed by atoms with Crippen LogP contribution in [0.15, 0.2) is 87.5 Å². The fourth-order valence-corrected chi connectivity index (χ4v) is 11.3. The van der Waals surface area contributed by atoms with E-state index in [2.05, 4.69) is 47.2 Å². The minimum atomic E-state index is -4.77. The van der Waals surface area contributed by atoms with Crippen LogP contribution in [-0.4, -0.2) is 72.1 Å². The maximum absolute atomic E-state index is 15.6. The molecule has 12 nitrogen and oxygen atoms in total. The van der Waals surface area contributed by atoms with Crippen LogP contribution in [0.1, 0.15) is 35.4 Å². The molecule has 62 heavy (non-hydrogen) atoms. The van der Waals surface area contributed by atoms with Crippen LogP contribution < -0.4 is 20.0 Å². The van der Waals surface area contributed by atoms with Gasteiger partial charge in [0.1, 0.15) is 0 Å². The number of pyridine rings is 1. The Morgan fingerprint density at radius 1 is 0.919 bits per heavy atom. The van der Waals surface area contributed by atoms with Crippen molar-refractivity contribution in [2.45, 2.75) is 30.4 Å². The molecule has 2 aliphatic carbocycles. The Bertz CT molecular complexity index is 2580. The zero-order valence-electron chi connectivity index (χ0n) is 32.4. The summed E-state index contributed by atoms with van der Waals surface area (Å²) in [6, 6.07) is 15.8. The van der Waals surface area contributed by atoms with E-state index in [0.717, 1.165) is 5.69 Å². The molecule has 2 N–H and O–H groups in total. The minimum Gasteiger partial charge on any atom is -0.503 e. The molecule has 4 heterocycles. The number of allylic oxidation sites excluding steroid dienone is 2. The van der Waals surface area contributed by atoms with Crippen LogP contribution in [0.25, 0.3) is 0 Å². The van der Waals surface area contributed by atoms with E-state index in [1.54, 1.807) is 42.5 Å². The van der Waals surface area contributed by atoms with Gasteiger partial charge in [0.05, 0.1) is 64.2 Å². The number of hydrazine groups is 1. The molecule has 3 saturated heterocycles. The number of imide groups is 2. The van der Waals surface area contributed by atoms with E-state index in [4.69, 9.17) is 32.7 Å². The molecule has 0 radical (unpaired) electrons. The first-order valence-corrected chi connectivity index (χ1v) is 21.8. The molecule has 1 saturated carbocycles. The molecule has 4 fully saturated rings. The number of hydrogen-bond acceptors (Lipinski definition) is 10. The van der Waals surface area contributed by atoms with Crippen molar-refractivity contribution < 1.29 is 46.9 Å². The van der Waals surface area contributed by atoms with Crippen molar-refractivity contribution in [2.24, 2.45) is 23.7 Å². The third-order valence-corrected chi connectivity index (χ3v) is 15.4. The van der Waals surface area contributed by atoms with Gasteiger partial charge in [-0.25, -0.2) is 4.98 Å². The number of carbonyl (C=O) groups is 4. The highest BCUT2D eigenvalue weighted by molar-refractivity contribution is 9.13. The van der Waals surface area contributed by atoms with E-state index in [1.807, 2.05) is 18.2 Å². The van der Waals surface area contributed by atoms with Gasteiger partial charge in [0.2, 0.25) is 11.8 Å². The molecule has 0 spiro atoms. The fourth-order valence-electron chi connectivity index (χ4n) is 9.99. The summed E-state index contributed by atoms with van der Waals surface area (Å²) >= 11 is 19.8. The number of methoxy groups -OCH3 is 1. The van der Waals surface area contributed by atoms with E-state index in [-0.39, 0.29) is 34.6 Å². The smallest absolute Gasteiger partial charge is 0.417 e. The first-order chi connectivity index (χ1) is 29.6. The first kappa shape index (κ1) is 42.6. The largest absolute Gasteiger partial charge is 0.503 e. The van der Waals surface area contributed by atoms with Crippen LogP contribution in [-0.2, 0) is 35.5 Å². The predicted octanol–water partition coefficient (Wildman–Crippen LogP) is 8.67. The number of carbonyl (C=O) groups excluding carboxylic acids is 4. The Hall–Kier alpha value is -4.68. The number of ether oxygens (including phenoxy) is 2. The number of halogens is 7. The van der Waals surface area contributed by atoms with Crippen molar-refractivity contribution in [1.82, 2.24) is 9.99 Å². The number of phenols is 1. The molecule has 1 aromatic heterocycles. The van der Waals surface area contributed by atoms with Crippen molar-refractivity contribution in [1.29, 1.82) is 0 Å². The van der Waals surface area contributed by atoms with E-state index in [1.165, 1.54) is 12.0 Å². The number of nitrogens with one attached hydrogen (secondary N) is 1. The van der Waals surface area contributed by atoms with Gasteiger partial charge < -0.3 is 19.5 Å². The minimum absolute atomic E-state index is 0.0283. The SMILES string of the molecule is COc1cc([C@H]2C3=CC[C@@H]4C(=O)N(c5ccc(N6CCOCC6)cc5)C(=O)[C@@H]4[C@@H]3C[C@H]3C(=O)N(Nc4ncc(C(F)(F)F)cc4Cl)C(=O)[C@@]23c2ccc(Cl)cc2)c(Br)c(Br)c1O. The van der Waals surface area contributed by atoms with Crippen LogP contribution >= 0.6 is 55.1 Å². The zero-order valence-corrected chi connectivity index (χ0v) is 37.1. The van der Waals surface area contributed by atoms with Gasteiger partial charge in [-0.2, -0.15) is 18.2 Å². The molecular formula is C43H34Br2Cl2F3N5O7. The summed E-state index contributed by atoms with van der Waals surface area (Å²) < 4.78 is 52.4. The van der Waals surface area contributed by atoms with Crippen LogP contribution in [0.3, 0.4) is 0 Å². The molecule has 3 aliphatic heterocycles. The van der Waals surface area contributed by atoms with Crippen LogP contribution in [0.2, 0.25) is 10.0 Å². The molecular weight excluding hydrogens is 986 g/mol. The summed E-state index contributed by atoms with van der Waals surface area (Å²) in [4.78, 5) is 67.1. The first-order valence-electron chi connectivity index (χ1n) is 19.5. The molecule has 4 aromatic rings. The number of rotatable bonds is 7. The number of alkyl halides is 3. The van der Waals surface area contributed by atoms with Crippen molar-refractivity contribution in [3.63, 3.8) is 0 Å². The Morgan fingerprint density at radius 3 is 2.24 bits per heavy atom. The topological polar surface area (TPSA) is 142 Å². The number of aromatic nitrogens is 1. The monoisotopic (exact) mass is 1020 g/mol. The predicted molar refractivity (Wildman–Crippen MR) is 229 cm³/mol. The number of phenolic OH excluding ortho intramolecular Hbond substituents is 1. The maximum Gasteiger partial charge on any atom is 0.417 e. The van der Waals surface area contributed by atoms with Gasteiger partial charge in [-0.1, -0.05) is 47.0 Å². The Morgan fingerprint density at radius 2 is 1.60 bits per heavy atom. The summed E-state index contributed by atoms with van der Waals surface area (Å²) in [6.07, 6.45) is -2.33. The van der Waals surface area contributed by atoms with E-state index in [9.17, 15) is 27.9 Å². The lowest BCUT2D eigenvalue weighted by molar-refractivity contribution is -0.139. The van der Waals surface area contributed by atoms with Crippen LogP contribution in [0, 0.1) is 23.7 Å². The number of anilines is 3. The van der Waals surface area contributed by atoms with Crippen molar-refractivity contribution in [3.8, 4) is 11.5 Å². The highest BCUT2D eigenvalue weighted by Crippen LogP contribution is 2.66. The second-order valence-corrected chi connectivity index (χ2v) is 18.1. The molecule has 6 atom stereocenters. The lowest BCUT2D eigenvalue weighted by Gasteiger charge is -2.51. The van der Waals surface area contributed by atoms with E-state index >= 15 is 9.59 Å². The lowest BCUT2D eigenvalue weighted by atomic mass is 9.49. The Kier molecular flexibility index (Phi) is 10.9. The standard InChI is InChI=1S/C43H34Br2Cl2F3N5O7/c1-61-31-18-28(34(44)35(45)36(31)56)33-25-10-11-26-32(40(59)54(38(26)57)24-8-6-23(7-9-24)53-12-14-62-15-13-53)27(25)17-29-39(58)55(41(60)42(29,33)20-2-4-22(46)5-3-20)52-37-30(47)16-21(19-51-37)43(48,49)50/h2-10,16,18-19,26-27,29,32-33,56H,11-15,17H2,1H3,(H,51,52)/t26-,27+,29-,32-,33+,42+/m0/s1. The summed E-state index contributed by atoms with van der Waals surface area (Å²) in [6.45, 7) is 2.56. The van der Waals surface area contributed by atoms with E-state index < -0.39 is 75.4 Å². The van der Waals surface area contributed by atoms with Crippen molar-refractivity contribution in [2.75, 3.05) is 48.6 Å². The summed E-state index contributed by atoms with van der Waals surface area (Å²) in [5, 5.41) is 11.6. The summed E-state index contributed by atoms with van der Waals surface area (Å²) in [5.74, 6) is -7.88. The average molecular weight is 1020 g/mol. The number of aromatic hydroxyl groups is 1. The molecule has 322 valence electrons. The van der Waals surface area contributed by atoms with Crippen molar-refractivity contribution in [3.05, 3.63) is 114 Å². The Balaban J connectivity index is 1.20. The van der Waals surface area contributed by atoms with Gasteiger partial charge in [-0.3, -0.25) is 29.5 Å². The number of benzene rings is 3. The lowest BCUT2D eigenvalue weighted by Crippen LogP contribution is -2.53. The van der Waals surface area contributed by atoms with Crippen molar-refractivity contribution >= 4 is 95.9 Å². The van der Waals surface area contributed by atoms with Gasteiger partial charge in [0.15, 0.2) is 17.3 Å². The molecule has 3 aromatic carbocycles. The number of hydrogen-bond donors (Lipinski definition) is 2. The van der Waals surface area contributed by atoms with E-state index in [0.29, 0.717) is 75.5 Å². The molecule has 9 rings (SSSR count). The summed E-state index contributed by atoms with van der Waals surface area (Å²) in [7, 11) is 1.35. The Labute approximate surface area is 379 Å². The van der Waals surface area contributed by atoms with Gasteiger partial charge in [-0.05, 0) is 110 Å². The summed E-state index contributed by atoms with van der Waals surface area (Å²) in [5.41, 5.74) is 2.33. The number of amides is 4. The third kappa shape index (κ3) is 6.60. The highest BCUT2D eigenvalue weighted by Gasteiger charge is 2.71. The van der Waals surface area contributed by atoms with Crippen LogP contribution in [0.5, 0.6) is 11.5 Å². The van der Waals surface area contributed by atoms with Gasteiger partial charge in [0.25, 0.3) is 11.8 Å². The van der Waals surface area contributed by atoms with Gasteiger partial charge >= 0.3 is 6.18 Å². The number of fused-ring (bicyclic) bond motifs is 4. The highest BCUT2D eigenvalue weighted by atomic mass is 79.9. The fraction of sp³-hybridized carbons (Fsp3) is 0.326. The average Bonchev–Trinajstić information content (AvgIpc) is 3.64. The van der Waals surface area contributed by atoms with Crippen LogP contribution in [0.4, 0.5) is 30.4 Å². The maximum atomic E-state index is 15.6. The number of morpholine rings is 1. The number of nitrogens with zero attached hydrogens (tertiary/aromatic N) is 4. The third-order valence-electron chi connectivity index (χ3n) is 12.7. The second kappa shape index (κ2) is 15.8. The molecule has 4 amide bonds. The molecule has 0 bridgehead atoms. The zero-order chi connectivity index (χ0) is 44.0. The molecule has 19 heteroatoms. The molecule has 0 unspecified atom stereocenters. The van der Waals surface area contributed by atoms with Gasteiger partial charge in [0, 0.05) is 40.4 Å². The van der Waals surface area contributed by atoms with Gasteiger partial charge in [-0.15, -0.1) is 0 Å².